The predicted molar refractivity (Wildman–Crippen MR) is 42.6 cm³/mol. The molecule has 0 spiro atoms. The maximum absolute atomic E-state index is 11.1. The van der Waals surface area contributed by atoms with Gasteiger partial charge in [-0.25, -0.2) is 0 Å². The van der Waals surface area contributed by atoms with Crippen LogP contribution in [0.25, 0.3) is 0 Å². The molecule has 0 aromatic heterocycles. The van der Waals surface area contributed by atoms with Crippen LogP contribution >= 0.6 is 0 Å². The first-order valence-electron chi connectivity index (χ1n) is 3.41. The number of carbonyl (C=O) groups is 1. The second-order valence-corrected chi connectivity index (χ2v) is 2.01. The van der Waals surface area contributed by atoms with Crippen molar-refractivity contribution in [1.29, 1.82) is 10.5 Å². The topological polar surface area (TPSA) is 67.9 Å². The quantitative estimate of drug-likeness (QED) is 0.447. The van der Waals surface area contributed by atoms with Crippen LogP contribution in [0, 0.1) is 22.7 Å². The Labute approximate surface area is 71.3 Å². The molecule has 0 unspecified atom stereocenters. The van der Waals surface area contributed by atoms with Crippen molar-refractivity contribution in [3.63, 3.8) is 0 Å². The van der Waals surface area contributed by atoms with E-state index in [1.54, 1.807) is 13.0 Å². The number of nitrogens with zero attached hydrogens (tertiary/aromatic N) is 3. The van der Waals surface area contributed by atoms with Gasteiger partial charge >= 0.3 is 0 Å². The third-order valence-electron chi connectivity index (χ3n) is 1.14. The lowest BCUT2D eigenvalue weighted by atomic mass is 10.4. The highest BCUT2D eigenvalue weighted by Gasteiger charge is 2.07. The van der Waals surface area contributed by atoms with Crippen molar-refractivity contribution in [3.8, 4) is 12.1 Å². The van der Waals surface area contributed by atoms with E-state index >= 15 is 0 Å². The first kappa shape index (κ1) is 10.2. The van der Waals surface area contributed by atoms with Gasteiger partial charge in [-0.05, 0) is 13.0 Å². The number of amides is 1. The minimum Gasteiger partial charge on any atom is -0.313 e. The third-order valence-corrected chi connectivity index (χ3v) is 1.14. The molecule has 12 heavy (non-hydrogen) atoms. The van der Waals surface area contributed by atoms with Crippen molar-refractivity contribution in [2.75, 3.05) is 13.1 Å². The number of allylic oxidation sites excluding steroid dienone is 1. The van der Waals surface area contributed by atoms with Gasteiger partial charge in [0.15, 0.2) is 0 Å². The summed E-state index contributed by atoms with van der Waals surface area (Å²) in [5.74, 6) is -0.305. The van der Waals surface area contributed by atoms with Crippen LogP contribution in [-0.4, -0.2) is 23.9 Å². The van der Waals surface area contributed by atoms with Crippen molar-refractivity contribution in [2.45, 2.75) is 6.92 Å². The van der Waals surface area contributed by atoms with Crippen LogP contribution in [0.15, 0.2) is 12.2 Å². The van der Waals surface area contributed by atoms with E-state index in [1.807, 2.05) is 12.1 Å². The van der Waals surface area contributed by atoms with Gasteiger partial charge in [0.2, 0.25) is 5.91 Å². The van der Waals surface area contributed by atoms with E-state index in [0.717, 1.165) is 0 Å². The number of rotatable bonds is 3. The summed E-state index contributed by atoms with van der Waals surface area (Å²) in [6.07, 6.45) is 2.90. The molecule has 0 N–H and O–H groups in total. The summed E-state index contributed by atoms with van der Waals surface area (Å²) < 4.78 is 0. The van der Waals surface area contributed by atoms with E-state index in [2.05, 4.69) is 0 Å². The first-order valence-corrected chi connectivity index (χ1v) is 3.41. The number of hydrogen-bond acceptors (Lipinski definition) is 3. The van der Waals surface area contributed by atoms with Crippen molar-refractivity contribution in [3.05, 3.63) is 12.2 Å². The van der Waals surface area contributed by atoms with Crippen LogP contribution in [0.5, 0.6) is 0 Å². The van der Waals surface area contributed by atoms with Crippen molar-refractivity contribution < 1.29 is 4.79 Å². The molecule has 0 aliphatic heterocycles. The van der Waals surface area contributed by atoms with Gasteiger partial charge in [0, 0.05) is 0 Å². The van der Waals surface area contributed by atoms with Crippen LogP contribution in [0.1, 0.15) is 6.92 Å². The zero-order chi connectivity index (χ0) is 9.40. The van der Waals surface area contributed by atoms with Crippen LogP contribution in [0.2, 0.25) is 0 Å². The summed E-state index contributed by atoms with van der Waals surface area (Å²) >= 11 is 0. The van der Waals surface area contributed by atoms with Gasteiger partial charge in [-0.2, -0.15) is 10.5 Å². The van der Waals surface area contributed by atoms with E-state index in [9.17, 15) is 4.79 Å². The molecule has 62 valence electrons. The minimum atomic E-state index is -0.305. The molecule has 0 fully saturated rings. The van der Waals surface area contributed by atoms with Crippen LogP contribution in [-0.2, 0) is 4.79 Å². The van der Waals surface area contributed by atoms with Gasteiger partial charge < -0.3 is 4.90 Å². The molecule has 0 aliphatic carbocycles. The molecule has 0 heterocycles. The predicted octanol–water partition coefficient (Wildman–Crippen LogP) is 0.438. The van der Waals surface area contributed by atoms with Gasteiger partial charge in [-0.1, -0.05) is 6.08 Å². The molecule has 4 heteroatoms. The Morgan fingerprint density at radius 1 is 1.42 bits per heavy atom. The van der Waals surface area contributed by atoms with Gasteiger partial charge in [0.25, 0.3) is 0 Å². The highest BCUT2D eigenvalue weighted by atomic mass is 16.2. The molecule has 0 saturated heterocycles. The van der Waals surface area contributed by atoms with E-state index in [4.69, 9.17) is 10.5 Å². The maximum atomic E-state index is 11.1. The van der Waals surface area contributed by atoms with Crippen LogP contribution in [0.3, 0.4) is 0 Å². The maximum Gasteiger partial charge on any atom is 0.247 e. The van der Waals surface area contributed by atoms with Crippen LogP contribution < -0.4 is 0 Å². The summed E-state index contributed by atoms with van der Waals surface area (Å²) in [6, 6.07) is 3.62. The molecule has 0 saturated carbocycles. The third kappa shape index (κ3) is 3.38. The fraction of sp³-hybridized carbons (Fsp3) is 0.375. The minimum absolute atomic E-state index is 0.0449. The standard InChI is InChI=1S/C8H9N3O/c1-2-3-8(12)11(6-4-9)7-5-10/h2-3H,6-7H2,1H3. The number of nitriles is 2. The fourth-order valence-corrected chi connectivity index (χ4v) is 0.630. The van der Waals surface area contributed by atoms with E-state index in [0.29, 0.717) is 0 Å². The van der Waals surface area contributed by atoms with Gasteiger partial charge in [0.05, 0.1) is 12.1 Å². The van der Waals surface area contributed by atoms with E-state index < -0.39 is 0 Å². The molecule has 4 nitrogen and oxygen atoms in total. The molecule has 0 bridgehead atoms. The molecule has 0 aromatic rings. The Hall–Kier alpha value is -1.81. The number of carbonyl (C=O) groups excluding carboxylic acids is 1. The average molecular weight is 163 g/mol. The molecule has 0 radical (unpaired) electrons. The molecule has 1 amide bonds. The Morgan fingerprint density at radius 3 is 2.25 bits per heavy atom. The van der Waals surface area contributed by atoms with Crippen LogP contribution in [0.4, 0.5) is 0 Å². The summed E-state index contributed by atoms with van der Waals surface area (Å²) in [4.78, 5) is 12.2. The zero-order valence-corrected chi connectivity index (χ0v) is 6.82. The Bertz CT molecular complexity index is 240. The van der Waals surface area contributed by atoms with E-state index in [1.165, 1.54) is 11.0 Å². The zero-order valence-electron chi connectivity index (χ0n) is 6.82. The second kappa shape index (κ2) is 5.94. The molecule has 0 aromatic carbocycles. The summed E-state index contributed by atoms with van der Waals surface area (Å²) in [5.41, 5.74) is 0. The SMILES string of the molecule is CC=CC(=O)N(CC#N)CC#N. The Kier molecular flexibility index (Phi) is 5.04. The van der Waals surface area contributed by atoms with E-state index in [-0.39, 0.29) is 19.0 Å². The van der Waals surface area contributed by atoms with Crippen molar-refractivity contribution in [1.82, 2.24) is 4.90 Å². The summed E-state index contributed by atoms with van der Waals surface area (Å²) in [7, 11) is 0. The fourth-order valence-electron chi connectivity index (χ4n) is 0.630. The van der Waals surface area contributed by atoms with Gasteiger partial charge in [-0.15, -0.1) is 0 Å². The summed E-state index contributed by atoms with van der Waals surface area (Å²) in [5, 5.41) is 16.6. The normalized spacial score (nSPS) is 8.92. The average Bonchev–Trinajstić information content (AvgIpc) is 2.04. The first-order chi connectivity index (χ1) is 5.76. The van der Waals surface area contributed by atoms with Gasteiger partial charge in [0.1, 0.15) is 13.1 Å². The molecule has 0 atom stereocenters. The molecular formula is C8H9N3O. The highest BCUT2D eigenvalue weighted by molar-refractivity contribution is 5.87. The lowest BCUT2D eigenvalue weighted by Gasteiger charge is -2.12. The number of hydrogen-bond donors (Lipinski definition) is 0. The molecule has 0 rings (SSSR count). The Balaban J connectivity index is 4.22. The molecule has 0 aliphatic rings. The lowest BCUT2D eigenvalue weighted by Crippen LogP contribution is -2.30. The van der Waals surface area contributed by atoms with Gasteiger partial charge in [-0.3, -0.25) is 4.79 Å². The Morgan fingerprint density at radius 2 is 1.92 bits per heavy atom. The smallest absolute Gasteiger partial charge is 0.247 e. The monoisotopic (exact) mass is 163 g/mol. The van der Waals surface area contributed by atoms with Crippen molar-refractivity contribution >= 4 is 5.91 Å². The summed E-state index contributed by atoms with van der Waals surface area (Å²) in [6.45, 7) is 1.61. The lowest BCUT2D eigenvalue weighted by molar-refractivity contribution is -0.124. The highest BCUT2D eigenvalue weighted by Crippen LogP contribution is 1.89. The second-order valence-electron chi connectivity index (χ2n) is 2.01. The van der Waals surface area contributed by atoms with Crippen molar-refractivity contribution in [2.24, 2.45) is 0 Å². The molecular weight excluding hydrogens is 154 g/mol. The largest absolute Gasteiger partial charge is 0.313 e.